The van der Waals surface area contributed by atoms with Crippen molar-refractivity contribution in [3.63, 3.8) is 0 Å². The normalized spacial score (nSPS) is 31.8. The highest BCUT2D eigenvalue weighted by atomic mass is 16.2. The van der Waals surface area contributed by atoms with Crippen LogP contribution in [0.15, 0.2) is 0 Å². The predicted molar refractivity (Wildman–Crippen MR) is 74.4 cm³/mol. The summed E-state index contributed by atoms with van der Waals surface area (Å²) < 4.78 is 0. The van der Waals surface area contributed by atoms with Crippen LogP contribution in [0.1, 0.15) is 51.9 Å². The summed E-state index contributed by atoms with van der Waals surface area (Å²) in [7, 11) is 1.88. The monoisotopic (exact) mass is 252 g/mol. The van der Waals surface area contributed by atoms with Crippen molar-refractivity contribution in [3.05, 3.63) is 0 Å². The molecule has 0 aliphatic heterocycles. The largest absolute Gasteiger partial charge is 0.345 e. The van der Waals surface area contributed by atoms with Crippen LogP contribution in [0.5, 0.6) is 0 Å². The zero-order valence-corrected chi connectivity index (χ0v) is 12.0. The van der Waals surface area contributed by atoms with Crippen LogP contribution in [0.4, 0.5) is 0 Å². The van der Waals surface area contributed by atoms with E-state index in [0.29, 0.717) is 12.6 Å². The molecule has 3 atom stereocenters. The lowest BCUT2D eigenvalue weighted by atomic mass is 9.69. The quantitative estimate of drug-likeness (QED) is 0.833. The molecule has 0 aromatic carbocycles. The van der Waals surface area contributed by atoms with Gasteiger partial charge in [0.05, 0.1) is 6.54 Å². The average Bonchev–Trinajstić information content (AvgIpc) is 2.43. The van der Waals surface area contributed by atoms with Crippen LogP contribution in [0, 0.1) is 11.8 Å². The summed E-state index contributed by atoms with van der Waals surface area (Å²) >= 11 is 0. The molecular weight excluding hydrogens is 224 g/mol. The Hall–Kier alpha value is -0.570. The summed E-state index contributed by atoms with van der Waals surface area (Å²) in [6, 6.07) is 0.582. The van der Waals surface area contributed by atoms with E-state index in [1.165, 1.54) is 44.9 Å². The Morgan fingerprint density at radius 1 is 1.17 bits per heavy atom. The van der Waals surface area contributed by atoms with E-state index < -0.39 is 0 Å². The van der Waals surface area contributed by atoms with Crippen molar-refractivity contribution in [3.8, 4) is 0 Å². The molecule has 18 heavy (non-hydrogen) atoms. The molecule has 1 N–H and O–H groups in total. The highest BCUT2D eigenvalue weighted by molar-refractivity contribution is 5.77. The fourth-order valence-electron chi connectivity index (χ4n) is 3.60. The molecule has 1 amide bonds. The minimum Gasteiger partial charge on any atom is -0.345 e. The Morgan fingerprint density at radius 3 is 2.61 bits per heavy atom. The van der Waals surface area contributed by atoms with E-state index in [4.69, 9.17) is 0 Å². The molecule has 3 heteroatoms. The molecular formula is C15H28N2O. The first kappa shape index (κ1) is 13.9. The molecule has 2 saturated carbocycles. The van der Waals surface area contributed by atoms with Crippen LogP contribution in [0.3, 0.4) is 0 Å². The maximum atomic E-state index is 11.8. The minimum absolute atomic E-state index is 0.225. The molecule has 2 aliphatic carbocycles. The first-order valence-corrected chi connectivity index (χ1v) is 7.68. The van der Waals surface area contributed by atoms with Gasteiger partial charge in [0.2, 0.25) is 5.91 Å². The zero-order valence-electron chi connectivity index (χ0n) is 12.0. The van der Waals surface area contributed by atoms with Crippen molar-refractivity contribution >= 4 is 5.91 Å². The van der Waals surface area contributed by atoms with E-state index in [2.05, 4.69) is 5.32 Å². The summed E-state index contributed by atoms with van der Waals surface area (Å²) in [6.07, 6.45) is 9.68. The summed E-state index contributed by atoms with van der Waals surface area (Å²) in [5.41, 5.74) is 0. The topological polar surface area (TPSA) is 32.3 Å². The van der Waals surface area contributed by atoms with Crippen LogP contribution >= 0.6 is 0 Å². The number of carbonyl (C=O) groups excluding carboxylic acids is 1. The molecule has 0 aromatic heterocycles. The van der Waals surface area contributed by atoms with Gasteiger partial charge in [-0.1, -0.05) is 25.7 Å². The molecule has 3 nitrogen and oxygen atoms in total. The molecule has 0 heterocycles. The average molecular weight is 252 g/mol. The van der Waals surface area contributed by atoms with Crippen LogP contribution in [-0.2, 0) is 4.79 Å². The van der Waals surface area contributed by atoms with Crippen molar-refractivity contribution in [2.75, 3.05) is 20.1 Å². The lowest BCUT2D eigenvalue weighted by Crippen LogP contribution is -2.43. The first-order valence-electron chi connectivity index (χ1n) is 7.68. The van der Waals surface area contributed by atoms with Crippen molar-refractivity contribution in [1.29, 1.82) is 0 Å². The number of fused-ring (bicyclic) bond motifs is 1. The van der Waals surface area contributed by atoms with Crippen LogP contribution in [-0.4, -0.2) is 37.0 Å². The van der Waals surface area contributed by atoms with E-state index in [-0.39, 0.29) is 5.91 Å². The number of nitrogens with zero attached hydrogens (tertiary/aromatic N) is 1. The summed E-state index contributed by atoms with van der Waals surface area (Å²) in [6.45, 7) is 3.34. The second-order valence-corrected chi connectivity index (χ2v) is 6.10. The van der Waals surface area contributed by atoms with Crippen LogP contribution in [0.25, 0.3) is 0 Å². The molecule has 2 aliphatic rings. The third-order valence-electron chi connectivity index (χ3n) is 4.98. The fourth-order valence-corrected chi connectivity index (χ4v) is 3.60. The number of hydrogen-bond acceptors (Lipinski definition) is 2. The maximum Gasteiger partial charge on any atom is 0.236 e. The van der Waals surface area contributed by atoms with Crippen LogP contribution < -0.4 is 5.32 Å². The van der Waals surface area contributed by atoms with E-state index in [1.807, 2.05) is 14.0 Å². The van der Waals surface area contributed by atoms with Gasteiger partial charge in [-0.2, -0.15) is 0 Å². The third-order valence-corrected chi connectivity index (χ3v) is 4.98. The Bertz CT molecular complexity index is 280. The molecule has 2 rings (SSSR count). The highest BCUT2D eigenvalue weighted by Crippen LogP contribution is 2.40. The molecule has 3 unspecified atom stereocenters. The molecule has 0 saturated heterocycles. The Balaban J connectivity index is 1.73. The molecule has 104 valence electrons. The number of amides is 1. The summed E-state index contributed by atoms with van der Waals surface area (Å²) in [5.74, 6) is 2.15. The van der Waals surface area contributed by atoms with Crippen molar-refractivity contribution < 1.29 is 4.79 Å². The van der Waals surface area contributed by atoms with Gasteiger partial charge < -0.3 is 10.2 Å². The smallest absolute Gasteiger partial charge is 0.236 e. The molecule has 0 bridgehead atoms. The van der Waals surface area contributed by atoms with Gasteiger partial charge in [0, 0.05) is 19.6 Å². The van der Waals surface area contributed by atoms with Gasteiger partial charge in [0.15, 0.2) is 0 Å². The first-order chi connectivity index (χ1) is 8.70. The van der Waals surface area contributed by atoms with E-state index in [0.717, 1.165) is 18.4 Å². The van der Waals surface area contributed by atoms with Crippen molar-refractivity contribution in [2.24, 2.45) is 11.8 Å². The number of nitrogens with one attached hydrogen (secondary N) is 1. The Kier molecular flexibility index (Phi) is 5.04. The predicted octanol–water partition coefficient (Wildman–Crippen LogP) is 2.41. The fraction of sp³-hybridized carbons (Fsp3) is 0.933. The van der Waals surface area contributed by atoms with Gasteiger partial charge in [-0.15, -0.1) is 0 Å². The molecule has 2 fully saturated rings. The highest BCUT2D eigenvalue weighted by Gasteiger charge is 2.32. The lowest BCUT2D eigenvalue weighted by molar-refractivity contribution is -0.128. The SMILES string of the molecule is CCN(C)C(=O)CNC1CCC2CCCCC2C1. The summed E-state index contributed by atoms with van der Waals surface area (Å²) in [4.78, 5) is 13.6. The number of hydrogen-bond donors (Lipinski definition) is 1. The van der Waals surface area contributed by atoms with Gasteiger partial charge in [-0.25, -0.2) is 0 Å². The van der Waals surface area contributed by atoms with Gasteiger partial charge in [0.25, 0.3) is 0 Å². The lowest BCUT2D eigenvalue weighted by Gasteiger charge is -2.39. The van der Waals surface area contributed by atoms with Gasteiger partial charge in [-0.05, 0) is 38.0 Å². The minimum atomic E-state index is 0.225. The number of carbonyl (C=O) groups is 1. The zero-order chi connectivity index (χ0) is 13.0. The van der Waals surface area contributed by atoms with E-state index in [9.17, 15) is 4.79 Å². The Morgan fingerprint density at radius 2 is 1.89 bits per heavy atom. The van der Waals surface area contributed by atoms with E-state index in [1.54, 1.807) is 4.90 Å². The third kappa shape index (κ3) is 3.47. The second-order valence-electron chi connectivity index (χ2n) is 6.10. The van der Waals surface area contributed by atoms with Crippen molar-refractivity contribution in [1.82, 2.24) is 10.2 Å². The second kappa shape index (κ2) is 6.55. The molecule has 0 spiro atoms. The van der Waals surface area contributed by atoms with Gasteiger partial charge in [0.1, 0.15) is 0 Å². The number of likely N-dealkylation sites (N-methyl/N-ethyl adjacent to an activating group) is 1. The summed E-state index contributed by atoms with van der Waals surface area (Å²) in [5, 5.41) is 3.48. The van der Waals surface area contributed by atoms with Gasteiger partial charge in [-0.3, -0.25) is 4.79 Å². The van der Waals surface area contributed by atoms with Crippen molar-refractivity contribution in [2.45, 2.75) is 57.9 Å². The molecule has 0 aromatic rings. The molecule has 0 radical (unpaired) electrons. The van der Waals surface area contributed by atoms with Crippen LogP contribution in [0.2, 0.25) is 0 Å². The Labute approximate surface area is 111 Å². The number of rotatable bonds is 4. The maximum absolute atomic E-state index is 11.8. The standard InChI is InChI=1S/C15H28N2O/c1-3-17(2)15(18)11-16-14-9-8-12-6-4-5-7-13(12)10-14/h12-14,16H,3-11H2,1-2H3. The van der Waals surface area contributed by atoms with E-state index >= 15 is 0 Å². The van der Waals surface area contributed by atoms with Gasteiger partial charge >= 0.3 is 0 Å².